The molecule has 0 amide bonds. The number of halogens is 2. The molecule has 0 unspecified atom stereocenters. The van der Waals surface area contributed by atoms with Gasteiger partial charge in [0.15, 0.2) is 0 Å². The fourth-order valence-corrected chi connectivity index (χ4v) is 2.31. The lowest BCUT2D eigenvalue weighted by atomic mass is 10.2. The molecule has 92 valence electrons. The minimum Gasteiger partial charge on any atom is -0.478 e. The monoisotopic (exact) mass is 374 g/mol. The normalized spacial score (nSPS) is 10.1. The van der Waals surface area contributed by atoms with Crippen molar-refractivity contribution in [1.29, 1.82) is 0 Å². The Morgan fingerprint density at radius 2 is 2.11 bits per heavy atom. The van der Waals surface area contributed by atoms with Crippen LogP contribution >= 0.6 is 34.2 Å². The van der Waals surface area contributed by atoms with Gasteiger partial charge in [0.2, 0.25) is 0 Å². The summed E-state index contributed by atoms with van der Waals surface area (Å²) < 4.78 is 1.01. The van der Waals surface area contributed by atoms with Crippen molar-refractivity contribution in [3.63, 3.8) is 0 Å². The lowest BCUT2D eigenvalue weighted by Crippen LogP contribution is -2.03. The second-order valence-electron chi connectivity index (χ2n) is 3.48. The van der Waals surface area contributed by atoms with Crippen molar-refractivity contribution in [3.05, 3.63) is 50.8 Å². The van der Waals surface area contributed by atoms with E-state index in [0.29, 0.717) is 16.4 Å². The van der Waals surface area contributed by atoms with Crippen LogP contribution in [0, 0.1) is 3.57 Å². The van der Waals surface area contributed by atoms with Crippen LogP contribution in [0.2, 0.25) is 5.02 Å². The molecule has 1 aromatic heterocycles. The van der Waals surface area contributed by atoms with E-state index in [1.807, 2.05) is 6.07 Å². The predicted molar refractivity (Wildman–Crippen MR) is 78.6 cm³/mol. The van der Waals surface area contributed by atoms with Gasteiger partial charge in [0.25, 0.3) is 0 Å². The molecule has 0 spiro atoms. The van der Waals surface area contributed by atoms with Gasteiger partial charge in [0.1, 0.15) is 5.56 Å². The summed E-state index contributed by atoms with van der Waals surface area (Å²) in [6.45, 7) is 0. The molecule has 0 bridgehead atoms. The third-order valence-electron chi connectivity index (χ3n) is 2.25. The summed E-state index contributed by atoms with van der Waals surface area (Å²) >= 11 is 8.24. The first-order chi connectivity index (χ1) is 8.58. The molecular weight excluding hydrogens is 367 g/mol. The molecule has 0 fully saturated rings. The quantitative estimate of drug-likeness (QED) is 0.803. The van der Waals surface area contributed by atoms with E-state index in [1.54, 1.807) is 18.2 Å². The molecule has 0 aliphatic carbocycles. The van der Waals surface area contributed by atoms with Gasteiger partial charge in [0.05, 0.1) is 16.4 Å². The van der Waals surface area contributed by atoms with Crippen LogP contribution in [0.15, 0.2) is 36.7 Å². The van der Waals surface area contributed by atoms with E-state index in [2.05, 4.69) is 32.9 Å². The number of anilines is 2. The highest BCUT2D eigenvalue weighted by Crippen LogP contribution is 2.28. The summed E-state index contributed by atoms with van der Waals surface area (Å²) in [5.74, 6) is -1.03. The molecule has 0 saturated carbocycles. The van der Waals surface area contributed by atoms with E-state index in [-0.39, 0.29) is 5.56 Å². The van der Waals surface area contributed by atoms with Crippen LogP contribution < -0.4 is 5.32 Å². The Bertz CT molecular complexity index is 604. The summed E-state index contributed by atoms with van der Waals surface area (Å²) in [6, 6.07) is 7.08. The zero-order valence-corrected chi connectivity index (χ0v) is 11.9. The van der Waals surface area contributed by atoms with Gasteiger partial charge in [-0.3, -0.25) is 4.98 Å². The van der Waals surface area contributed by atoms with Gasteiger partial charge in [-0.15, -0.1) is 0 Å². The largest absolute Gasteiger partial charge is 0.478 e. The molecule has 6 heteroatoms. The number of carboxylic acids is 1. The van der Waals surface area contributed by atoms with Gasteiger partial charge >= 0.3 is 5.97 Å². The maximum Gasteiger partial charge on any atom is 0.339 e. The number of rotatable bonds is 3. The summed E-state index contributed by atoms with van der Waals surface area (Å²) in [7, 11) is 0. The van der Waals surface area contributed by atoms with Crippen LogP contribution in [0.4, 0.5) is 11.4 Å². The van der Waals surface area contributed by atoms with E-state index in [1.165, 1.54) is 12.4 Å². The van der Waals surface area contributed by atoms with Crippen molar-refractivity contribution in [2.45, 2.75) is 0 Å². The van der Waals surface area contributed by atoms with Crippen LogP contribution in [0.25, 0.3) is 0 Å². The second kappa shape index (κ2) is 5.53. The average molecular weight is 375 g/mol. The van der Waals surface area contributed by atoms with E-state index in [9.17, 15) is 4.79 Å². The minimum absolute atomic E-state index is 0.104. The number of hydrogen-bond acceptors (Lipinski definition) is 3. The Labute approximate surface area is 122 Å². The van der Waals surface area contributed by atoms with Crippen LogP contribution in [0.3, 0.4) is 0 Å². The molecule has 4 nitrogen and oxygen atoms in total. The van der Waals surface area contributed by atoms with Crippen molar-refractivity contribution in [3.8, 4) is 0 Å². The zero-order valence-electron chi connectivity index (χ0n) is 9.02. The number of benzene rings is 1. The third-order valence-corrected chi connectivity index (χ3v) is 3.24. The van der Waals surface area contributed by atoms with Crippen molar-refractivity contribution >= 4 is 51.5 Å². The molecule has 18 heavy (non-hydrogen) atoms. The molecule has 1 aromatic carbocycles. The number of nitrogens with one attached hydrogen (secondary N) is 1. The predicted octanol–water partition coefficient (Wildman–Crippen LogP) is 3.78. The lowest BCUT2D eigenvalue weighted by molar-refractivity contribution is 0.0697. The molecule has 2 N–H and O–H groups in total. The van der Waals surface area contributed by atoms with Crippen LogP contribution in [-0.4, -0.2) is 16.1 Å². The van der Waals surface area contributed by atoms with E-state index >= 15 is 0 Å². The van der Waals surface area contributed by atoms with Crippen molar-refractivity contribution in [2.75, 3.05) is 5.32 Å². The fourth-order valence-electron chi connectivity index (χ4n) is 1.41. The molecule has 0 aliphatic heterocycles. The molecule has 1 heterocycles. The molecular formula is C12H8ClIN2O2. The third kappa shape index (κ3) is 2.91. The van der Waals surface area contributed by atoms with Gasteiger partial charge < -0.3 is 10.4 Å². The lowest BCUT2D eigenvalue weighted by Gasteiger charge is -2.10. The molecule has 0 radical (unpaired) electrons. The van der Waals surface area contributed by atoms with E-state index in [4.69, 9.17) is 16.7 Å². The van der Waals surface area contributed by atoms with Gasteiger partial charge in [0, 0.05) is 16.0 Å². The van der Waals surface area contributed by atoms with Crippen LogP contribution in [0.1, 0.15) is 10.4 Å². The Kier molecular flexibility index (Phi) is 4.03. The highest BCUT2D eigenvalue weighted by molar-refractivity contribution is 14.1. The number of nitrogens with zero attached hydrogens (tertiary/aromatic N) is 1. The number of aromatic nitrogens is 1. The highest BCUT2D eigenvalue weighted by atomic mass is 127. The maximum atomic E-state index is 11.0. The fraction of sp³-hybridized carbons (Fsp3) is 0. The van der Waals surface area contributed by atoms with Crippen LogP contribution in [-0.2, 0) is 0 Å². The standard InChI is InChI=1S/C12H8ClIN2O2/c13-9-5-7(14)1-2-11(9)16-10-3-4-15-6-8(10)12(17)18/h1-6H,(H,15,16)(H,17,18). The number of carbonyl (C=O) groups is 1. The topological polar surface area (TPSA) is 62.2 Å². The number of carboxylic acid groups (broad SMARTS) is 1. The minimum atomic E-state index is -1.03. The first kappa shape index (κ1) is 13.1. The van der Waals surface area contributed by atoms with Gasteiger partial charge in [-0.2, -0.15) is 0 Å². The maximum absolute atomic E-state index is 11.0. The van der Waals surface area contributed by atoms with E-state index in [0.717, 1.165) is 3.57 Å². The van der Waals surface area contributed by atoms with Gasteiger partial charge in [-0.25, -0.2) is 4.79 Å². The Balaban J connectivity index is 2.37. The van der Waals surface area contributed by atoms with E-state index < -0.39 is 5.97 Å². The first-order valence-electron chi connectivity index (χ1n) is 4.97. The molecule has 0 saturated heterocycles. The first-order valence-corrected chi connectivity index (χ1v) is 6.43. The highest BCUT2D eigenvalue weighted by Gasteiger charge is 2.11. The molecule has 0 aliphatic rings. The summed E-state index contributed by atoms with van der Waals surface area (Å²) in [6.07, 6.45) is 2.82. The second-order valence-corrected chi connectivity index (χ2v) is 5.13. The molecule has 0 atom stereocenters. The molecule has 2 rings (SSSR count). The number of hydrogen-bond donors (Lipinski definition) is 2. The zero-order chi connectivity index (χ0) is 13.1. The Morgan fingerprint density at radius 3 is 2.78 bits per heavy atom. The molecule has 2 aromatic rings. The average Bonchev–Trinajstić information content (AvgIpc) is 2.33. The van der Waals surface area contributed by atoms with Crippen molar-refractivity contribution < 1.29 is 9.90 Å². The SMILES string of the molecule is O=C(O)c1cnccc1Nc1ccc(I)cc1Cl. The van der Waals surface area contributed by atoms with Gasteiger partial charge in [-0.05, 0) is 46.9 Å². The summed E-state index contributed by atoms with van der Waals surface area (Å²) in [5, 5.41) is 12.6. The number of pyridine rings is 1. The Hall–Kier alpha value is -1.34. The number of aromatic carboxylic acids is 1. The van der Waals surface area contributed by atoms with Crippen molar-refractivity contribution in [1.82, 2.24) is 4.98 Å². The smallest absolute Gasteiger partial charge is 0.339 e. The Morgan fingerprint density at radius 1 is 1.33 bits per heavy atom. The van der Waals surface area contributed by atoms with Gasteiger partial charge in [-0.1, -0.05) is 11.6 Å². The van der Waals surface area contributed by atoms with Crippen LogP contribution in [0.5, 0.6) is 0 Å². The van der Waals surface area contributed by atoms with Crippen molar-refractivity contribution in [2.24, 2.45) is 0 Å². The summed E-state index contributed by atoms with van der Waals surface area (Å²) in [4.78, 5) is 14.8. The summed E-state index contributed by atoms with van der Waals surface area (Å²) in [5.41, 5.74) is 1.22.